The minimum Gasteiger partial charge on any atom is -0.497 e. The quantitative estimate of drug-likeness (QED) is 0.398. The van der Waals surface area contributed by atoms with Gasteiger partial charge in [-0.15, -0.1) is 0 Å². The first-order valence-corrected chi connectivity index (χ1v) is 10.2. The Hall–Kier alpha value is -3.86. The van der Waals surface area contributed by atoms with Gasteiger partial charge in [0, 0.05) is 16.8 Å². The third-order valence-corrected chi connectivity index (χ3v) is 5.10. The van der Waals surface area contributed by atoms with Crippen molar-refractivity contribution < 1.29 is 13.9 Å². The normalized spacial score (nSPS) is 10.8. The van der Waals surface area contributed by atoms with Crippen molar-refractivity contribution in [3.63, 3.8) is 0 Å². The van der Waals surface area contributed by atoms with Gasteiger partial charge in [-0.3, -0.25) is 4.79 Å². The van der Waals surface area contributed by atoms with Gasteiger partial charge in [0.2, 0.25) is 5.89 Å². The molecular weight excluding hydrogens is 388 g/mol. The van der Waals surface area contributed by atoms with Crippen LogP contribution in [-0.2, 0) is 0 Å². The van der Waals surface area contributed by atoms with E-state index in [9.17, 15) is 4.79 Å². The Morgan fingerprint density at radius 1 is 1.00 bits per heavy atom. The number of amides is 1. The van der Waals surface area contributed by atoms with Gasteiger partial charge in [-0.25, -0.2) is 4.98 Å². The summed E-state index contributed by atoms with van der Waals surface area (Å²) in [5.74, 6) is 1.95. The highest BCUT2D eigenvalue weighted by molar-refractivity contribution is 6.08. The highest BCUT2D eigenvalue weighted by Crippen LogP contribution is 2.30. The standard InChI is InChI=1S/C26H24N2O3/c1-17(2)18-11-13-20(14-12-18)28-25(29)22-9-4-5-10-23(22)26-27-16-24(31-26)19-7-6-8-21(15-19)30-3/h4-17H,1-3H3,(H,28,29). The minimum absolute atomic E-state index is 0.214. The lowest BCUT2D eigenvalue weighted by Crippen LogP contribution is -2.13. The fourth-order valence-corrected chi connectivity index (χ4v) is 3.33. The summed E-state index contributed by atoms with van der Waals surface area (Å²) in [6.07, 6.45) is 1.66. The van der Waals surface area contributed by atoms with Crippen LogP contribution in [0.15, 0.2) is 83.4 Å². The predicted molar refractivity (Wildman–Crippen MR) is 122 cm³/mol. The van der Waals surface area contributed by atoms with E-state index in [1.165, 1.54) is 5.56 Å². The molecule has 0 atom stereocenters. The molecule has 0 aliphatic heterocycles. The van der Waals surface area contributed by atoms with Crippen LogP contribution < -0.4 is 10.1 Å². The maximum absolute atomic E-state index is 13.0. The minimum atomic E-state index is -0.214. The van der Waals surface area contributed by atoms with Crippen LogP contribution >= 0.6 is 0 Å². The smallest absolute Gasteiger partial charge is 0.256 e. The third-order valence-electron chi connectivity index (χ3n) is 5.10. The fourth-order valence-electron chi connectivity index (χ4n) is 3.33. The van der Waals surface area contributed by atoms with Crippen molar-refractivity contribution in [2.75, 3.05) is 12.4 Å². The molecule has 0 aliphatic rings. The zero-order valence-electron chi connectivity index (χ0n) is 17.8. The van der Waals surface area contributed by atoms with E-state index in [1.54, 1.807) is 19.4 Å². The van der Waals surface area contributed by atoms with Crippen LogP contribution in [0.25, 0.3) is 22.8 Å². The summed E-state index contributed by atoms with van der Waals surface area (Å²) in [6.45, 7) is 4.28. The molecule has 0 saturated carbocycles. The molecule has 1 heterocycles. The number of ether oxygens (including phenoxy) is 1. The average molecular weight is 412 g/mol. The van der Waals surface area contributed by atoms with Crippen LogP contribution in [0.4, 0.5) is 5.69 Å². The summed E-state index contributed by atoms with van der Waals surface area (Å²) in [5.41, 5.74) is 3.95. The summed E-state index contributed by atoms with van der Waals surface area (Å²) in [6, 6.07) is 22.7. The van der Waals surface area contributed by atoms with Crippen molar-refractivity contribution in [2.24, 2.45) is 0 Å². The Balaban J connectivity index is 1.60. The van der Waals surface area contributed by atoms with Gasteiger partial charge in [-0.2, -0.15) is 0 Å². The van der Waals surface area contributed by atoms with Gasteiger partial charge < -0.3 is 14.5 Å². The number of carbonyl (C=O) groups excluding carboxylic acids is 1. The molecule has 0 bridgehead atoms. The molecule has 5 heteroatoms. The Labute approximate surface area is 181 Å². The van der Waals surface area contributed by atoms with E-state index in [1.807, 2.05) is 66.7 Å². The molecule has 4 aromatic rings. The molecule has 0 spiro atoms. The molecule has 156 valence electrons. The number of carbonyl (C=O) groups is 1. The molecule has 0 unspecified atom stereocenters. The first kappa shape index (κ1) is 20.4. The summed E-state index contributed by atoms with van der Waals surface area (Å²) >= 11 is 0. The first-order valence-electron chi connectivity index (χ1n) is 10.2. The van der Waals surface area contributed by atoms with Gasteiger partial charge >= 0.3 is 0 Å². The van der Waals surface area contributed by atoms with Crippen LogP contribution in [-0.4, -0.2) is 18.0 Å². The highest BCUT2D eigenvalue weighted by atomic mass is 16.5. The second-order valence-electron chi connectivity index (χ2n) is 7.54. The molecule has 0 aliphatic carbocycles. The van der Waals surface area contributed by atoms with Crippen molar-refractivity contribution in [1.82, 2.24) is 4.98 Å². The summed E-state index contributed by atoms with van der Waals surface area (Å²) in [4.78, 5) is 17.4. The SMILES string of the molecule is COc1cccc(-c2cnc(-c3ccccc3C(=O)Nc3ccc(C(C)C)cc3)o2)c1. The van der Waals surface area contributed by atoms with Crippen molar-refractivity contribution in [1.29, 1.82) is 0 Å². The molecule has 5 nitrogen and oxygen atoms in total. The Kier molecular flexibility index (Phi) is 5.85. The number of benzene rings is 3. The molecule has 31 heavy (non-hydrogen) atoms. The Morgan fingerprint density at radius 3 is 2.52 bits per heavy atom. The molecule has 3 aromatic carbocycles. The lowest BCUT2D eigenvalue weighted by Gasteiger charge is -2.10. The molecule has 0 radical (unpaired) electrons. The topological polar surface area (TPSA) is 64.4 Å². The summed E-state index contributed by atoms with van der Waals surface area (Å²) < 4.78 is 11.3. The average Bonchev–Trinajstić information content (AvgIpc) is 3.30. The third kappa shape index (κ3) is 4.51. The second kappa shape index (κ2) is 8.88. The van der Waals surface area contributed by atoms with Crippen LogP contribution in [0.1, 0.15) is 35.7 Å². The second-order valence-corrected chi connectivity index (χ2v) is 7.54. The Morgan fingerprint density at radius 2 is 1.77 bits per heavy atom. The van der Waals surface area contributed by atoms with E-state index in [0.29, 0.717) is 28.7 Å². The summed E-state index contributed by atoms with van der Waals surface area (Å²) in [5, 5.41) is 2.96. The van der Waals surface area contributed by atoms with Crippen molar-refractivity contribution in [2.45, 2.75) is 19.8 Å². The van der Waals surface area contributed by atoms with E-state index < -0.39 is 0 Å². The Bertz CT molecular complexity index is 1190. The number of oxazole rings is 1. The molecule has 1 amide bonds. The zero-order chi connectivity index (χ0) is 21.8. The van der Waals surface area contributed by atoms with Crippen LogP contribution in [0, 0.1) is 0 Å². The number of hydrogen-bond acceptors (Lipinski definition) is 4. The fraction of sp³-hybridized carbons (Fsp3) is 0.154. The first-order chi connectivity index (χ1) is 15.0. The van der Waals surface area contributed by atoms with Crippen molar-refractivity contribution in [3.8, 4) is 28.5 Å². The largest absolute Gasteiger partial charge is 0.497 e. The molecule has 4 rings (SSSR count). The van der Waals surface area contributed by atoms with Gasteiger partial charge in [-0.05, 0) is 47.9 Å². The van der Waals surface area contributed by atoms with Gasteiger partial charge in [-0.1, -0.05) is 50.2 Å². The zero-order valence-corrected chi connectivity index (χ0v) is 17.8. The lowest BCUT2D eigenvalue weighted by atomic mass is 10.0. The van der Waals surface area contributed by atoms with E-state index in [2.05, 4.69) is 24.1 Å². The summed E-state index contributed by atoms with van der Waals surface area (Å²) in [7, 11) is 1.62. The number of nitrogens with one attached hydrogen (secondary N) is 1. The van der Waals surface area contributed by atoms with E-state index in [-0.39, 0.29) is 5.91 Å². The molecule has 1 aromatic heterocycles. The number of nitrogens with zero attached hydrogens (tertiary/aromatic N) is 1. The molecule has 0 fully saturated rings. The highest BCUT2D eigenvalue weighted by Gasteiger charge is 2.17. The van der Waals surface area contributed by atoms with Crippen molar-refractivity contribution >= 4 is 11.6 Å². The number of hydrogen-bond donors (Lipinski definition) is 1. The van der Waals surface area contributed by atoms with E-state index >= 15 is 0 Å². The van der Waals surface area contributed by atoms with Gasteiger partial charge in [0.1, 0.15) is 5.75 Å². The van der Waals surface area contributed by atoms with Gasteiger partial charge in [0.05, 0.1) is 18.9 Å². The van der Waals surface area contributed by atoms with Gasteiger partial charge in [0.15, 0.2) is 5.76 Å². The van der Waals surface area contributed by atoms with Crippen LogP contribution in [0.5, 0.6) is 5.75 Å². The lowest BCUT2D eigenvalue weighted by molar-refractivity contribution is 0.102. The number of anilines is 1. The maximum atomic E-state index is 13.0. The van der Waals surface area contributed by atoms with E-state index in [0.717, 1.165) is 17.0 Å². The number of rotatable bonds is 6. The van der Waals surface area contributed by atoms with Crippen molar-refractivity contribution in [3.05, 3.63) is 90.1 Å². The maximum Gasteiger partial charge on any atom is 0.256 e. The monoisotopic (exact) mass is 412 g/mol. The molecular formula is C26H24N2O3. The number of methoxy groups -OCH3 is 1. The predicted octanol–water partition coefficient (Wildman–Crippen LogP) is 6.39. The molecule has 0 saturated heterocycles. The van der Waals surface area contributed by atoms with E-state index in [4.69, 9.17) is 9.15 Å². The molecule has 1 N–H and O–H groups in total. The van der Waals surface area contributed by atoms with Crippen LogP contribution in [0.2, 0.25) is 0 Å². The number of aromatic nitrogens is 1. The van der Waals surface area contributed by atoms with Crippen LogP contribution in [0.3, 0.4) is 0 Å². The van der Waals surface area contributed by atoms with Gasteiger partial charge in [0.25, 0.3) is 5.91 Å².